The number of carbonyl (C=O) groups excluding carboxylic acids is 1. The largest absolute Gasteiger partial charge is 0.436 e. The van der Waals surface area contributed by atoms with E-state index in [2.05, 4.69) is 16.4 Å². The van der Waals surface area contributed by atoms with Gasteiger partial charge in [-0.05, 0) is 61.0 Å². The van der Waals surface area contributed by atoms with Crippen molar-refractivity contribution in [2.24, 2.45) is 0 Å². The topological polar surface area (TPSA) is 78.9 Å². The van der Waals surface area contributed by atoms with Gasteiger partial charge in [-0.1, -0.05) is 12.1 Å². The molecule has 0 radical (unpaired) electrons. The molecule has 3 rings (SSSR count). The van der Waals surface area contributed by atoms with Crippen molar-refractivity contribution in [1.29, 1.82) is 5.26 Å². The molecule has 0 aliphatic rings. The van der Waals surface area contributed by atoms with Crippen LogP contribution in [0, 0.1) is 24.5 Å². The van der Waals surface area contributed by atoms with Crippen molar-refractivity contribution in [3.63, 3.8) is 0 Å². The number of carbonyl (C=O) groups is 1. The van der Waals surface area contributed by atoms with Gasteiger partial charge in [-0.2, -0.15) is 5.26 Å². The molecule has 0 aliphatic carbocycles. The Kier molecular flexibility index (Phi) is 4.54. The van der Waals surface area contributed by atoms with Gasteiger partial charge < -0.3 is 9.73 Å². The Bertz CT molecular complexity index is 957. The van der Waals surface area contributed by atoms with Crippen LogP contribution in [0.2, 0.25) is 0 Å². The predicted molar refractivity (Wildman–Crippen MR) is 95.6 cm³/mol. The summed E-state index contributed by atoms with van der Waals surface area (Å²) in [5.41, 5.74) is 5.20. The number of oxazole rings is 1. The molecule has 0 aliphatic heterocycles. The fourth-order valence-corrected chi connectivity index (χ4v) is 2.79. The Balaban J connectivity index is 1.90. The fraction of sp³-hybridized carbons (Fsp3) is 0.167. The maximum Gasteiger partial charge on any atom is 0.235 e. The normalized spacial score (nSPS) is 10.5. The van der Waals surface area contributed by atoms with Crippen LogP contribution in [0.4, 0.5) is 5.69 Å². The molecule has 0 fully saturated rings. The second kappa shape index (κ2) is 6.77. The summed E-state index contributed by atoms with van der Waals surface area (Å²) in [6.45, 7) is 4.02. The van der Waals surface area contributed by atoms with Gasteiger partial charge in [-0.3, -0.25) is 4.79 Å². The van der Waals surface area contributed by atoms with Crippen molar-refractivity contribution in [2.75, 3.05) is 11.1 Å². The number of rotatable bonds is 4. The highest BCUT2D eigenvalue weighted by molar-refractivity contribution is 8.04. The molecule has 1 heterocycles. The zero-order chi connectivity index (χ0) is 17.1. The average molecular weight is 337 g/mol. The second-order valence-electron chi connectivity index (χ2n) is 5.46. The molecule has 0 saturated heterocycles. The highest BCUT2D eigenvalue weighted by atomic mass is 32.2. The minimum atomic E-state index is -0.220. The Hall–Kier alpha value is -2.78. The first-order chi connectivity index (χ1) is 11.6. The van der Waals surface area contributed by atoms with E-state index in [0.29, 0.717) is 11.6 Å². The highest BCUT2D eigenvalue weighted by Gasteiger charge is 2.12. The van der Waals surface area contributed by atoms with Crippen LogP contribution in [0.1, 0.15) is 11.1 Å². The number of thioether (sulfide) groups is 1. The summed E-state index contributed by atoms with van der Waals surface area (Å²) in [6, 6.07) is 11.3. The van der Waals surface area contributed by atoms with Gasteiger partial charge in [0.2, 0.25) is 11.8 Å². The van der Waals surface area contributed by atoms with Gasteiger partial charge in [-0.25, -0.2) is 4.98 Å². The third-order valence-electron chi connectivity index (χ3n) is 3.48. The summed E-state index contributed by atoms with van der Waals surface area (Å²) >= 11 is 0.905. The molecule has 0 spiro atoms. The number of hydrogen-bond donors (Lipinski definition) is 1. The second-order valence-corrected chi connectivity index (χ2v) is 6.22. The number of aromatic nitrogens is 1. The molecule has 3 aromatic rings. The summed E-state index contributed by atoms with van der Waals surface area (Å²) in [5, 5.41) is 13.1. The van der Waals surface area contributed by atoms with E-state index in [1.165, 1.54) is 0 Å². The monoisotopic (exact) mass is 337 g/mol. The number of aryl methyl sites for hydroxylation is 2. The van der Waals surface area contributed by atoms with Crippen molar-refractivity contribution in [1.82, 2.24) is 4.98 Å². The first-order valence-corrected chi connectivity index (χ1v) is 8.34. The highest BCUT2D eigenvalue weighted by Crippen LogP contribution is 2.28. The first-order valence-electron chi connectivity index (χ1n) is 7.36. The molecule has 0 bridgehead atoms. The molecule has 1 aromatic heterocycles. The van der Waals surface area contributed by atoms with Crippen molar-refractivity contribution in [3.05, 3.63) is 47.5 Å². The predicted octanol–water partition coefficient (Wildman–Crippen LogP) is 4.26. The number of nitrogens with zero attached hydrogens (tertiary/aromatic N) is 2. The molecule has 6 heteroatoms. The SMILES string of the molecule is Cc1cc(C)c2oc(-c3cccc(NC(=O)CSC#N)c3)nc2c1. The van der Waals surface area contributed by atoms with E-state index in [9.17, 15) is 4.79 Å². The summed E-state index contributed by atoms with van der Waals surface area (Å²) in [5.74, 6) is 0.395. The van der Waals surface area contributed by atoms with E-state index in [-0.39, 0.29) is 11.7 Å². The lowest BCUT2D eigenvalue weighted by Gasteiger charge is -2.04. The van der Waals surface area contributed by atoms with Gasteiger partial charge in [0.1, 0.15) is 10.9 Å². The molecule has 5 nitrogen and oxygen atoms in total. The lowest BCUT2D eigenvalue weighted by molar-refractivity contribution is -0.113. The average Bonchev–Trinajstić information content (AvgIpc) is 2.97. The van der Waals surface area contributed by atoms with Crippen LogP contribution in [0.25, 0.3) is 22.6 Å². The first kappa shape index (κ1) is 16.1. The van der Waals surface area contributed by atoms with Gasteiger partial charge in [0.15, 0.2) is 5.58 Å². The minimum Gasteiger partial charge on any atom is -0.436 e. The van der Waals surface area contributed by atoms with Gasteiger partial charge >= 0.3 is 0 Å². The number of thiocyanates is 1. The number of anilines is 1. The Labute approximate surface area is 143 Å². The van der Waals surface area contributed by atoms with Crippen LogP contribution in [0.5, 0.6) is 0 Å². The van der Waals surface area contributed by atoms with Crippen LogP contribution in [0.15, 0.2) is 40.8 Å². The van der Waals surface area contributed by atoms with Gasteiger partial charge in [0.05, 0.1) is 5.75 Å². The summed E-state index contributed by atoms with van der Waals surface area (Å²) in [4.78, 5) is 16.3. The minimum absolute atomic E-state index is 0.0993. The molecule has 0 unspecified atom stereocenters. The van der Waals surface area contributed by atoms with Crippen LogP contribution in [0.3, 0.4) is 0 Å². The van der Waals surface area contributed by atoms with Crippen LogP contribution in [-0.4, -0.2) is 16.6 Å². The van der Waals surface area contributed by atoms with Gasteiger partial charge in [0.25, 0.3) is 0 Å². The lowest BCUT2D eigenvalue weighted by Crippen LogP contribution is -2.13. The smallest absolute Gasteiger partial charge is 0.235 e. The van der Waals surface area contributed by atoms with Crippen LogP contribution < -0.4 is 5.32 Å². The Morgan fingerprint density at radius 3 is 2.96 bits per heavy atom. The van der Waals surface area contributed by atoms with Crippen LogP contribution in [-0.2, 0) is 4.79 Å². The molecule has 120 valence electrons. The zero-order valence-corrected chi connectivity index (χ0v) is 14.1. The van der Waals surface area contributed by atoms with Crippen molar-refractivity contribution in [2.45, 2.75) is 13.8 Å². The van der Waals surface area contributed by atoms with E-state index >= 15 is 0 Å². The van der Waals surface area contributed by atoms with E-state index in [1.807, 2.05) is 43.5 Å². The van der Waals surface area contributed by atoms with Crippen LogP contribution >= 0.6 is 11.8 Å². The maximum absolute atomic E-state index is 11.7. The molecule has 24 heavy (non-hydrogen) atoms. The van der Waals surface area contributed by atoms with Gasteiger partial charge in [-0.15, -0.1) is 0 Å². The van der Waals surface area contributed by atoms with Crippen molar-refractivity contribution < 1.29 is 9.21 Å². The number of amides is 1. The standard InChI is InChI=1S/C18H15N3O2S/c1-11-6-12(2)17-15(7-11)21-18(23-17)13-4-3-5-14(8-13)20-16(22)9-24-10-19/h3-8H,9H2,1-2H3,(H,20,22). The number of benzene rings is 2. The maximum atomic E-state index is 11.7. The molecule has 1 amide bonds. The van der Waals surface area contributed by atoms with E-state index in [0.717, 1.165) is 39.6 Å². The number of nitriles is 1. The van der Waals surface area contributed by atoms with Gasteiger partial charge in [0, 0.05) is 11.3 Å². The molecule has 0 atom stereocenters. The summed E-state index contributed by atoms with van der Waals surface area (Å²) in [7, 11) is 0. The molecular weight excluding hydrogens is 322 g/mol. The third-order valence-corrected chi connectivity index (χ3v) is 4.02. The molecule has 1 N–H and O–H groups in total. The fourth-order valence-electron chi connectivity index (χ4n) is 2.53. The molecule has 2 aromatic carbocycles. The Morgan fingerprint density at radius 1 is 1.33 bits per heavy atom. The number of fused-ring (bicyclic) bond motifs is 1. The van der Waals surface area contributed by atoms with E-state index in [1.54, 1.807) is 6.07 Å². The summed E-state index contributed by atoms with van der Waals surface area (Å²) in [6.07, 6.45) is 0. The quantitative estimate of drug-likeness (QED) is 0.719. The van der Waals surface area contributed by atoms with Crippen molar-refractivity contribution >= 4 is 34.5 Å². The lowest BCUT2D eigenvalue weighted by atomic mass is 10.1. The summed E-state index contributed by atoms with van der Waals surface area (Å²) < 4.78 is 5.89. The third kappa shape index (κ3) is 3.42. The zero-order valence-electron chi connectivity index (χ0n) is 13.3. The van der Waals surface area contributed by atoms with Crippen molar-refractivity contribution in [3.8, 4) is 16.9 Å². The Morgan fingerprint density at radius 2 is 2.17 bits per heavy atom. The molecule has 0 saturated carbocycles. The molecular formula is C18H15N3O2S. The number of nitrogens with one attached hydrogen (secondary N) is 1. The number of hydrogen-bond acceptors (Lipinski definition) is 5. The van der Waals surface area contributed by atoms with E-state index in [4.69, 9.17) is 9.68 Å². The van der Waals surface area contributed by atoms with E-state index < -0.39 is 0 Å².